The molecule has 1 aliphatic heterocycles. The fourth-order valence-corrected chi connectivity index (χ4v) is 2.88. The summed E-state index contributed by atoms with van der Waals surface area (Å²) in [5, 5.41) is 7.43. The molecule has 0 radical (unpaired) electrons. The van der Waals surface area contributed by atoms with Crippen molar-refractivity contribution < 1.29 is 4.79 Å². The number of thioether (sulfide) groups is 1. The number of carbonyl (C=O) groups excluding carboxylic acids is 1. The van der Waals surface area contributed by atoms with Crippen LogP contribution in [0.4, 0.5) is 0 Å². The molecule has 0 saturated carbocycles. The molecule has 98 valence electrons. The Kier molecular flexibility index (Phi) is 3.75. The summed E-state index contributed by atoms with van der Waals surface area (Å²) in [6.07, 6.45) is 4.96. The minimum Gasteiger partial charge on any atom is -0.382 e. The largest absolute Gasteiger partial charge is 0.382 e. The number of carbonyl (C=O) groups is 1. The van der Waals surface area contributed by atoms with Crippen molar-refractivity contribution in [3.05, 3.63) is 23.8 Å². The van der Waals surface area contributed by atoms with Crippen molar-refractivity contribution in [1.82, 2.24) is 24.7 Å². The van der Waals surface area contributed by atoms with Crippen LogP contribution in [0.15, 0.2) is 23.8 Å². The van der Waals surface area contributed by atoms with Crippen LogP contribution < -0.4 is 5.43 Å². The van der Waals surface area contributed by atoms with Gasteiger partial charge < -0.3 is 9.80 Å². The fraction of sp³-hybridized carbons (Fsp3) is 0.500. The van der Waals surface area contributed by atoms with Gasteiger partial charge in [-0.3, -0.25) is 10.2 Å². The highest BCUT2D eigenvalue weighted by Gasteiger charge is 2.35. The Bertz CT molecular complexity index is 443. The van der Waals surface area contributed by atoms with Crippen molar-refractivity contribution in [2.75, 3.05) is 26.1 Å². The molecule has 18 heavy (non-hydrogen) atoms. The van der Waals surface area contributed by atoms with Crippen LogP contribution in [0.25, 0.3) is 0 Å². The Balaban J connectivity index is 2.13. The highest BCUT2D eigenvalue weighted by Crippen LogP contribution is 2.33. The maximum absolute atomic E-state index is 12.1. The molecule has 0 spiro atoms. The van der Waals surface area contributed by atoms with E-state index in [-0.39, 0.29) is 11.4 Å². The maximum atomic E-state index is 12.1. The molecular formula is C10H16N6OS. The van der Waals surface area contributed by atoms with E-state index in [1.807, 2.05) is 32.1 Å². The lowest BCUT2D eigenvalue weighted by molar-refractivity contribution is -0.125. The van der Waals surface area contributed by atoms with Crippen LogP contribution >= 0.6 is 11.8 Å². The normalized spacial score (nSPS) is 21.7. The summed E-state index contributed by atoms with van der Waals surface area (Å²) in [4.78, 5) is 16.5. The van der Waals surface area contributed by atoms with E-state index in [2.05, 4.69) is 15.6 Å². The zero-order valence-corrected chi connectivity index (χ0v) is 11.4. The molecule has 1 N–H and O–H groups in total. The zero-order valence-electron chi connectivity index (χ0n) is 10.6. The van der Waals surface area contributed by atoms with E-state index in [4.69, 9.17) is 0 Å². The van der Waals surface area contributed by atoms with Crippen molar-refractivity contribution >= 4 is 17.7 Å². The predicted molar refractivity (Wildman–Crippen MR) is 69.9 cm³/mol. The fourth-order valence-electron chi connectivity index (χ4n) is 1.60. The third-order valence-corrected chi connectivity index (χ3v) is 3.50. The van der Waals surface area contributed by atoms with Crippen molar-refractivity contribution in [3.8, 4) is 0 Å². The topological polar surface area (TPSA) is 66.3 Å². The van der Waals surface area contributed by atoms with Gasteiger partial charge in [0.05, 0.1) is 4.91 Å². The molecule has 0 aliphatic carbocycles. The van der Waals surface area contributed by atoms with Gasteiger partial charge in [0.2, 0.25) is 0 Å². The van der Waals surface area contributed by atoms with Crippen molar-refractivity contribution in [3.63, 3.8) is 0 Å². The minimum atomic E-state index is -0.135. The average Bonchev–Trinajstić information content (AvgIpc) is 2.89. The predicted octanol–water partition coefficient (Wildman–Crippen LogP) is 0.103. The van der Waals surface area contributed by atoms with Gasteiger partial charge in [0, 0.05) is 26.8 Å². The summed E-state index contributed by atoms with van der Waals surface area (Å²) >= 11 is 1.49. The van der Waals surface area contributed by atoms with Gasteiger partial charge in [-0.1, -0.05) is 11.8 Å². The van der Waals surface area contributed by atoms with Crippen LogP contribution in [0.3, 0.4) is 0 Å². The van der Waals surface area contributed by atoms with Crippen LogP contribution in [0, 0.1) is 0 Å². The molecule has 2 rings (SSSR count). The molecule has 0 unspecified atom stereocenters. The Hall–Kier alpha value is -1.70. The first-order chi connectivity index (χ1) is 8.61. The highest BCUT2D eigenvalue weighted by molar-refractivity contribution is 8.05. The number of aromatic nitrogens is 3. The molecule has 1 aromatic heterocycles. The van der Waals surface area contributed by atoms with Crippen molar-refractivity contribution in [2.24, 2.45) is 0 Å². The summed E-state index contributed by atoms with van der Waals surface area (Å²) in [7, 11) is 3.80. The quantitative estimate of drug-likeness (QED) is 0.782. The van der Waals surface area contributed by atoms with E-state index in [0.717, 1.165) is 4.91 Å². The van der Waals surface area contributed by atoms with E-state index >= 15 is 0 Å². The van der Waals surface area contributed by atoms with Crippen LogP contribution in [0.5, 0.6) is 0 Å². The number of hydrogen-bond donors (Lipinski definition) is 1. The van der Waals surface area contributed by atoms with Crippen molar-refractivity contribution in [1.29, 1.82) is 0 Å². The second kappa shape index (κ2) is 5.30. The summed E-state index contributed by atoms with van der Waals surface area (Å²) < 4.78 is 1.65. The summed E-state index contributed by atoms with van der Waals surface area (Å²) in [5.41, 5.74) is 3.02. The number of amides is 1. The molecule has 0 bridgehead atoms. The molecule has 8 heteroatoms. The molecule has 0 aromatic carbocycles. The number of nitrogens with one attached hydrogen (secondary N) is 1. The lowest BCUT2D eigenvalue weighted by atomic mass is 10.4. The maximum Gasteiger partial charge on any atom is 0.264 e. The number of nitrogens with zero attached hydrogens (tertiary/aromatic N) is 5. The second-order valence-corrected chi connectivity index (χ2v) is 5.14. The Morgan fingerprint density at radius 3 is 2.72 bits per heavy atom. The first-order valence-electron chi connectivity index (χ1n) is 5.59. The van der Waals surface area contributed by atoms with E-state index in [9.17, 15) is 4.79 Å². The molecule has 1 fully saturated rings. The Morgan fingerprint density at radius 1 is 1.50 bits per heavy atom. The van der Waals surface area contributed by atoms with Gasteiger partial charge in [-0.15, -0.1) is 10.2 Å². The van der Waals surface area contributed by atoms with E-state index in [1.54, 1.807) is 22.2 Å². The van der Waals surface area contributed by atoms with Gasteiger partial charge >= 0.3 is 0 Å². The summed E-state index contributed by atoms with van der Waals surface area (Å²) in [6.45, 7) is 2.61. The molecule has 1 atom stereocenters. The number of rotatable bonds is 4. The van der Waals surface area contributed by atoms with Crippen LogP contribution in [-0.2, 0) is 4.79 Å². The number of likely N-dealkylation sites (N-methyl/N-ethyl adjacent to an activating group) is 1. The van der Waals surface area contributed by atoms with Gasteiger partial charge in [0.15, 0.2) is 5.50 Å². The minimum absolute atomic E-state index is 0.0433. The summed E-state index contributed by atoms with van der Waals surface area (Å²) in [6, 6.07) is 0. The van der Waals surface area contributed by atoms with Crippen LogP contribution in [0.1, 0.15) is 6.92 Å². The third-order valence-electron chi connectivity index (χ3n) is 2.39. The molecule has 2 heterocycles. The third kappa shape index (κ3) is 2.58. The Morgan fingerprint density at radius 2 is 2.17 bits per heavy atom. The van der Waals surface area contributed by atoms with Crippen LogP contribution in [0.2, 0.25) is 0 Å². The van der Waals surface area contributed by atoms with Crippen molar-refractivity contribution in [2.45, 2.75) is 12.4 Å². The van der Waals surface area contributed by atoms with Crippen LogP contribution in [-0.4, -0.2) is 56.7 Å². The smallest absolute Gasteiger partial charge is 0.264 e. The van der Waals surface area contributed by atoms with E-state index < -0.39 is 0 Å². The molecule has 1 aliphatic rings. The standard InChI is InChI=1S/C10H16N6OS/c1-4-16-9(17)8(5-14(2)3)18-10(16)13-15-6-11-12-7-15/h5-7,10,13H,4H2,1-3H3/b8-5+/t10-/m0/s1. The SMILES string of the molecule is CCN1C(=O)/C(=C\N(C)C)S[C@H]1Nn1cnnc1. The van der Waals surface area contributed by atoms with E-state index in [0.29, 0.717) is 6.54 Å². The zero-order chi connectivity index (χ0) is 13.1. The molecule has 1 aromatic rings. The number of hydrogen-bond acceptors (Lipinski definition) is 6. The molecule has 1 saturated heterocycles. The molecule has 7 nitrogen and oxygen atoms in total. The monoisotopic (exact) mass is 268 g/mol. The van der Waals surface area contributed by atoms with Gasteiger partial charge in [0.1, 0.15) is 12.7 Å². The van der Waals surface area contributed by atoms with E-state index in [1.165, 1.54) is 11.8 Å². The molecule has 1 amide bonds. The second-order valence-electron chi connectivity index (χ2n) is 4.02. The first-order valence-corrected chi connectivity index (χ1v) is 6.47. The van der Waals surface area contributed by atoms with Gasteiger partial charge in [-0.2, -0.15) is 0 Å². The summed E-state index contributed by atoms with van der Waals surface area (Å²) in [5.74, 6) is 0.0433. The highest BCUT2D eigenvalue weighted by atomic mass is 32.2. The van der Waals surface area contributed by atoms with Gasteiger partial charge in [-0.25, -0.2) is 4.68 Å². The van der Waals surface area contributed by atoms with Gasteiger partial charge in [0.25, 0.3) is 5.91 Å². The average molecular weight is 268 g/mol. The lowest BCUT2D eigenvalue weighted by Crippen LogP contribution is -2.40. The first kappa shape index (κ1) is 12.7. The molecular weight excluding hydrogens is 252 g/mol. The lowest BCUT2D eigenvalue weighted by Gasteiger charge is -2.22. The van der Waals surface area contributed by atoms with Gasteiger partial charge in [-0.05, 0) is 6.92 Å². The Labute approximate surface area is 110 Å².